The number of nitrogens with one attached hydrogen (secondary N) is 1. The van der Waals surface area contributed by atoms with Gasteiger partial charge in [0.1, 0.15) is 0 Å². The highest BCUT2D eigenvalue weighted by Crippen LogP contribution is 2.22. The van der Waals surface area contributed by atoms with Crippen molar-refractivity contribution < 1.29 is 13.5 Å². The maximum absolute atomic E-state index is 12.4. The molecule has 0 saturated heterocycles. The first kappa shape index (κ1) is 17.1. The normalized spacial score (nSPS) is 14.2. The molecule has 1 rings (SSSR count). The second kappa shape index (κ2) is 6.70. The van der Waals surface area contributed by atoms with Crippen molar-refractivity contribution in [1.29, 1.82) is 0 Å². The third-order valence-electron chi connectivity index (χ3n) is 3.23. The van der Waals surface area contributed by atoms with E-state index in [1.165, 1.54) is 0 Å². The van der Waals surface area contributed by atoms with Crippen LogP contribution in [0.4, 0.5) is 0 Å². The largest absolute Gasteiger partial charge is 0.388 e. The summed E-state index contributed by atoms with van der Waals surface area (Å²) >= 11 is 0. The summed E-state index contributed by atoms with van der Waals surface area (Å²) < 4.78 is 27.5. The summed E-state index contributed by atoms with van der Waals surface area (Å²) in [7, 11) is -3.57. The Bertz CT molecular complexity index is 538. The predicted octanol–water partition coefficient (Wildman–Crippen LogP) is 2.99. The van der Waals surface area contributed by atoms with Gasteiger partial charge >= 0.3 is 0 Å². The molecule has 2 N–H and O–H groups in total. The van der Waals surface area contributed by atoms with Crippen molar-refractivity contribution in [2.45, 2.75) is 63.5 Å². The maximum Gasteiger partial charge on any atom is 0.241 e. The highest BCUT2D eigenvalue weighted by atomic mass is 32.2. The van der Waals surface area contributed by atoms with Gasteiger partial charge in [-0.15, -0.1) is 0 Å². The van der Waals surface area contributed by atoms with Gasteiger partial charge in [0.25, 0.3) is 0 Å². The van der Waals surface area contributed by atoms with Gasteiger partial charge in [0, 0.05) is 5.54 Å². The molecule has 0 saturated carbocycles. The molecule has 1 aromatic carbocycles. The highest BCUT2D eigenvalue weighted by Gasteiger charge is 2.25. The lowest BCUT2D eigenvalue weighted by atomic mass is 10.0. The SMILES string of the molecule is CCCC(C)(C)NS(=O)(=O)c1cccc(C(O)CC)c1. The summed E-state index contributed by atoms with van der Waals surface area (Å²) in [5, 5.41) is 9.82. The standard InChI is InChI=1S/C15H25NO3S/c1-5-10-15(3,4)16-20(18,19)13-9-7-8-12(11-13)14(17)6-2/h7-9,11,14,16-17H,5-6,10H2,1-4H3. The lowest BCUT2D eigenvalue weighted by Gasteiger charge is -2.25. The fourth-order valence-corrected chi connectivity index (χ4v) is 3.72. The van der Waals surface area contributed by atoms with Crippen molar-refractivity contribution in [3.05, 3.63) is 29.8 Å². The predicted molar refractivity (Wildman–Crippen MR) is 81.0 cm³/mol. The van der Waals surface area contributed by atoms with Crippen LogP contribution >= 0.6 is 0 Å². The quantitative estimate of drug-likeness (QED) is 0.813. The van der Waals surface area contributed by atoms with Crippen LogP contribution in [0.3, 0.4) is 0 Å². The van der Waals surface area contributed by atoms with Crippen molar-refractivity contribution >= 4 is 10.0 Å². The smallest absolute Gasteiger partial charge is 0.241 e. The Kier molecular flexibility index (Phi) is 5.74. The molecular weight excluding hydrogens is 274 g/mol. The number of aliphatic hydroxyl groups excluding tert-OH is 1. The van der Waals surface area contributed by atoms with Crippen LogP contribution < -0.4 is 4.72 Å². The van der Waals surface area contributed by atoms with E-state index < -0.39 is 21.7 Å². The van der Waals surface area contributed by atoms with Crippen molar-refractivity contribution in [1.82, 2.24) is 4.72 Å². The average Bonchev–Trinajstić information content (AvgIpc) is 2.36. The van der Waals surface area contributed by atoms with Crippen molar-refractivity contribution in [3.8, 4) is 0 Å². The average molecular weight is 299 g/mol. The molecule has 5 heteroatoms. The Morgan fingerprint density at radius 1 is 1.30 bits per heavy atom. The van der Waals surface area contributed by atoms with Crippen LogP contribution in [0.5, 0.6) is 0 Å². The summed E-state index contributed by atoms with van der Waals surface area (Å²) in [6.45, 7) is 7.63. The van der Waals surface area contributed by atoms with Gasteiger partial charge in [-0.25, -0.2) is 13.1 Å². The van der Waals surface area contributed by atoms with E-state index in [1.54, 1.807) is 24.3 Å². The monoisotopic (exact) mass is 299 g/mol. The van der Waals surface area contributed by atoms with Crippen LogP contribution in [0.25, 0.3) is 0 Å². The van der Waals surface area contributed by atoms with E-state index in [0.717, 1.165) is 12.8 Å². The second-order valence-electron chi connectivity index (χ2n) is 5.74. The van der Waals surface area contributed by atoms with E-state index >= 15 is 0 Å². The minimum atomic E-state index is -3.57. The summed E-state index contributed by atoms with van der Waals surface area (Å²) in [6, 6.07) is 6.49. The zero-order valence-electron chi connectivity index (χ0n) is 12.7. The number of hydrogen-bond acceptors (Lipinski definition) is 3. The fraction of sp³-hybridized carbons (Fsp3) is 0.600. The summed E-state index contributed by atoms with van der Waals surface area (Å²) in [5.41, 5.74) is 0.149. The van der Waals surface area contributed by atoms with Crippen LogP contribution in [0.1, 0.15) is 58.6 Å². The van der Waals surface area contributed by atoms with E-state index in [-0.39, 0.29) is 4.90 Å². The Hall–Kier alpha value is -0.910. The first-order valence-corrected chi connectivity index (χ1v) is 8.52. The van der Waals surface area contributed by atoms with Crippen LogP contribution in [0, 0.1) is 0 Å². The molecule has 1 aromatic rings. The van der Waals surface area contributed by atoms with E-state index in [9.17, 15) is 13.5 Å². The molecule has 20 heavy (non-hydrogen) atoms. The molecule has 0 aliphatic heterocycles. The van der Waals surface area contributed by atoms with Crippen LogP contribution in [0.2, 0.25) is 0 Å². The molecule has 0 heterocycles. The number of hydrogen-bond donors (Lipinski definition) is 2. The Morgan fingerprint density at radius 2 is 1.95 bits per heavy atom. The van der Waals surface area contributed by atoms with Crippen molar-refractivity contribution in [3.63, 3.8) is 0 Å². The van der Waals surface area contributed by atoms with Crippen molar-refractivity contribution in [2.75, 3.05) is 0 Å². The minimum Gasteiger partial charge on any atom is -0.388 e. The molecule has 0 spiro atoms. The third-order valence-corrected chi connectivity index (χ3v) is 4.92. The lowest BCUT2D eigenvalue weighted by molar-refractivity contribution is 0.173. The Balaban J connectivity index is 3.04. The van der Waals surface area contributed by atoms with Gasteiger partial charge in [-0.05, 0) is 44.4 Å². The van der Waals surface area contributed by atoms with Crippen LogP contribution in [-0.4, -0.2) is 19.1 Å². The van der Waals surface area contributed by atoms with Gasteiger partial charge in [0.2, 0.25) is 10.0 Å². The second-order valence-corrected chi connectivity index (χ2v) is 7.42. The third kappa shape index (κ3) is 4.58. The summed E-state index contributed by atoms with van der Waals surface area (Å²) in [4.78, 5) is 0.201. The minimum absolute atomic E-state index is 0.201. The molecule has 4 nitrogen and oxygen atoms in total. The number of rotatable bonds is 7. The first-order valence-electron chi connectivity index (χ1n) is 7.04. The molecule has 0 bridgehead atoms. The topological polar surface area (TPSA) is 66.4 Å². The highest BCUT2D eigenvalue weighted by molar-refractivity contribution is 7.89. The molecular formula is C15H25NO3S. The molecule has 0 aliphatic rings. The first-order chi connectivity index (χ1) is 9.22. The number of aliphatic hydroxyl groups is 1. The van der Waals surface area contributed by atoms with Gasteiger partial charge < -0.3 is 5.11 Å². The molecule has 0 amide bonds. The molecule has 114 valence electrons. The number of sulfonamides is 1. The van der Waals surface area contributed by atoms with Gasteiger partial charge in [0.05, 0.1) is 11.0 Å². The van der Waals surface area contributed by atoms with Gasteiger partial charge in [0.15, 0.2) is 0 Å². The molecule has 1 atom stereocenters. The van der Waals surface area contributed by atoms with Crippen molar-refractivity contribution in [2.24, 2.45) is 0 Å². The zero-order chi connectivity index (χ0) is 15.4. The number of benzene rings is 1. The lowest BCUT2D eigenvalue weighted by Crippen LogP contribution is -2.43. The van der Waals surface area contributed by atoms with E-state index in [4.69, 9.17) is 0 Å². The molecule has 0 fully saturated rings. The van der Waals surface area contributed by atoms with Crippen LogP contribution in [0.15, 0.2) is 29.2 Å². The maximum atomic E-state index is 12.4. The molecule has 0 aliphatic carbocycles. The molecule has 0 radical (unpaired) electrons. The van der Waals surface area contributed by atoms with E-state index in [1.807, 2.05) is 27.7 Å². The molecule has 0 aromatic heterocycles. The zero-order valence-corrected chi connectivity index (χ0v) is 13.5. The van der Waals surface area contributed by atoms with Gasteiger partial charge in [-0.1, -0.05) is 32.4 Å². The summed E-state index contributed by atoms with van der Waals surface area (Å²) in [6.07, 6.45) is 1.60. The van der Waals surface area contributed by atoms with E-state index in [0.29, 0.717) is 12.0 Å². The van der Waals surface area contributed by atoms with E-state index in [2.05, 4.69) is 4.72 Å². The van der Waals surface area contributed by atoms with Crippen LogP contribution in [-0.2, 0) is 10.0 Å². The Morgan fingerprint density at radius 3 is 2.50 bits per heavy atom. The van der Waals surface area contributed by atoms with Gasteiger partial charge in [-0.3, -0.25) is 0 Å². The molecule has 1 unspecified atom stereocenters. The Labute approximate surface area is 122 Å². The fourth-order valence-electron chi connectivity index (χ4n) is 2.22. The van der Waals surface area contributed by atoms with Gasteiger partial charge in [-0.2, -0.15) is 0 Å². The summed E-state index contributed by atoms with van der Waals surface area (Å²) in [5.74, 6) is 0.